The SMILES string of the molecule is CC(C)c1cc(C(C)C)c(CSC(=N)N)cc1CSC(=N)N. The number of thioether (sulfide) groups is 2. The lowest BCUT2D eigenvalue weighted by atomic mass is 9.89. The summed E-state index contributed by atoms with van der Waals surface area (Å²) in [7, 11) is 0. The molecule has 0 aliphatic carbocycles. The number of hydrogen-bond acceptors (Lipinski definition) is 4. The number of nitrogens with one attached hydrogen (secondary N) is 2. The first-order chi connectivity index (χ1) is 10.2. The van der Waals surface area contributed by atoms with Gasteiger partial charge in [-0.1, -0.05) is 63.4 Å². The molecule has 0 aromatic heterocycles. The van der Waals surface area contributed by atoms with E-state index in [1.165, 1.54) is 45.8 Å². The predicted molar refractivity (Wildman–Crippen MR) is 101 cm³/mol. The molecule has 0 radical (unpaired) electrons. The maximum atomic E-state index is 7.41. The highest BCUT2D eigenvalue weighted by Gasteiger charge is 2.15. The fraction of sp³-hybridized carbons (Fsp3) is 0.500. The number of hydrogen-bond donors (Lipinski definition) is 4. The number of rotatable bonds is 6. The van der Waals surface area contributed by atoms with Crippen molar-refractivity contribution < 1.29 is 0 Å². The minimum atomic E-state index is 0.141. The first kappa shape index (κ1) is 18.9. The second kappa shape index (κ2) is 8.48. The summed E-state index contributed by atoms with van der Waals surface area (Å²) in [6.45, 7) is 8.74. The number of benzene rings is 1. The van der Waals surface area contributed by atoms with Crippen LogP contribution in [0.15, 0.2) is 12.1 Å². The second-order valence-corrected chi connectivity index (χ2v) is 7.90. The van der Waals surface area contributed by atoms with Crippen LogP contribution in [0.5, 0.6) is 0 Å². The van der Waals surface area contributed by atoms with Crippen LogP contribution >= 0.6 is 23.5 Å². The average molecular weight is 339 g/mol. The molecule has 1 rings (SSSR count). The molecule has 22 heavy (non-hydrogen) atoms. The predicted octanol–water partition coefficient (Wildman–Crippen LogP) is 4.19. The average Bonchev–Trinajstić information content (AvgIpc) is 2.41. The summed E-state index contributed by atoms with van der Waals surface area (Å²) in [6.07, 6.45) is 0. The molecule has 122 valence electrons. The molecular formula is C16H26N4S2. The normalized spacial score (nSPS) is 11.2. The maximum Gasteiger partial charge on any atom is 0.151 e. The summed E-state index contributed by atoms with van der Waals surface area (Å²) < 4.78 is 0. The van der Waals surface area contributed by atoms with Crippen LogP contribution in [0.25, 0.3) is 0 Å². The highest BCUT2D eigenvalue weighted by molar-refractivity contribution is 8.13. The molecule has 0 heterocycles. The van der Waals surface area contributed by atoms with Gasteiger partial charge in [0.2, 0.25) is 0 Å². The molecule has 4 nitrogen and oxygen atoms in total. The summed E-state index contributed by atoms with van der Waals surface area (Å²) in [5.41, 5.74) is 16.0. The van der Waals surface area contributed by atoms with Crippen molar-refractivity contribution in [3.63, 3.8) is 0 Å². The van der Waals surface area contributed by atoms with Crippen molar-refractivity contribution in [1.82, 2.24) is 0 Å². The third kappa shape index (κ3) is 5.57. The van der Waals surface area contributed by atoms with Gasteiger partial charge in [0, 0.05) is 11.5 Å². The molecule has 0 aliphatic heterocycles. The Morgan fingerprint density at radius 3 is 1.50 bits per heavy atom. The minimum Gasteiger partial charge on any atom is -0.379 e. The van der Waals surface area contributed by atoms with E-state index in [4.69, 9.17) is 22.3 Å². The summed E-state index contributed by atoms with van der Waals surface area (Å²) in [6, 6.07) is 4.48. The van der Waals surface area contributed by atoms with Gasteiger partial charge >= 0.3 is 0 Å². The van der Waals surface area contributed by atoms with Gasteiger partial charge in [-0.2, -0.15) is 0 Å². The Balaban J connectivity index is 3.24. The Kier molecular flexibility index (Phi) is 7.29. The third-order valence-corrected chi connectivity index (χ3v) is 4.94. The molecule has 0 saturated carbocycles. The monoisotopic (exact) mass is 338 g/mol. The Morgan fingerprint density at radius 2 is 1.23 bits per heavy atom. The first-order valence-electron chi connectivity index (χ1n) is 7.31. The van der Waals surface area contributed by atoms with E-state index in [0.29, 0.717) is 23.3 Å². The Hall–Kier alpha value is -1.14. The Labute approximate surface area is 141 Å². The lowest BCUT2D eigenvalue weighted by molar-refractivity contribution is 0.818. The van der Waals surface area contributed by atoms with E-state index in [1.54, 1.807) is 0 Å². The quantitative estimate of drug-likeness (QED) is 0.461. The van der Waals surface area contributed by atoms with Crippen LogP contribution in [0.1, 0.15) is 61.8 Å². The summed E-state index contributed by atoms with van der Waals surface area (Å²) in [5, 5.41) is 15.1. The van der Waals surface area contributed by atoms with Crippen molar-refractivity contribution in [2.24, 2.45) is 11.5 Å². The van der Waals surface area contributed by atoms with Gasteiger partial charge < -0.3 is 11.5 Å². The molecule has 0 aliphatic rings. The smallest absolute Gasteiger partial charge is 0.151 e. The van der Waals surface area contributed by atoms with Crippen molar-refractivity contribution in [3.05, 3.63) is 34.4 Å². The van der Waals surface area contributed by atoms with Crippen molar-refractivity contribution in [3.8, 4) is 0 Å². The molecular weight excluding hydrogens is 312 g/mol. The lowest BCUT2D eigenvalue weighted by Gasteiger charge is -2.20. The molecule has 0 saturated heterocycles. The molecule has 0 spiro atoms. The fourth-order valence-electron chi connectivity index (χ4n) is 2.37. The topological polar surface area (TPSA) is 99.7 Å². The standard InChI is InChI=1S/C16H26N4S2/c1-9(2)13-6-14(10(3)4)12(8-22-16(19)20)5-11(13)7-21-15(17)18/h5-6,9-10H,7-8H2,1-4H3,(H3,17,18)(H3,19,20). The molecule has 6 N–H and O–H groups in total. The van der Waals surface area contributed by atoms with E-state index in [9.17, 15) is 0 Å². The maximum absolute atomic E-state index is 7.41. The van der Waals surface area contributed by atoms with Gasteiger partial charge in [-0.05, 0) is 34.1 Å². The van der Waals surface area contributed by atoms with E-state index in [1.807, 2.05) is 0 Å². The summed E-state index contributed by atoms with van der Waals surface area (Å²) in [5.74, 6) is 2.27. The molecule has 1 aromatic carbocycles. The fourth-order valence-corrected chi connectivity index (χ4v) is 3.49. The van der Waals surface area contributed by atoms with Gasteiger partial charge in [0.1, 0.15) is 0 Å². The molecule has 0 fully saturated rings. The first-order valence-corrected chi connectivity index (χ1v) is 9.28. The van der Waals surface area contributed by atoms with Crippen LogP contribution in [0.2, 0.25) is 0 Å². The van der Waals surface area contributed by atoms with E-state index in [-0.39, 0.29) is 10.3 Å². The zero-order chi connectivity index (χ0) is 16.9. The second-order valence-electron chi connectivity index (χ2n) is 5.87. The van der Waals surface area contributed by atoms with Gasteiger partial charge in [0.25, 0.3) is 0 Å². The van der Waals surface area contributed by atoms with E-state index < -0.39 is 0 Å². The van der Waals surface area contributed by atoms with Crippen LogP contribution in [0.3, 0.4) is 0 Å². The zero-order valence-corrected chi connectivity index (χ0v) is 15.3. The molecule has 1 aromatic rings. The van der Waals surface area contributed by atoms with Crippen LogP contribution in [0.4, 0.5) is 0 Å². The third-order valence-electron chi connectivity index (χ3n) is 3.41. The van der Waals surface area contributed by atoms with Gasteiger partial charge in [0.05, 0.1) is 0 Å². The Morgan fingerprint density at radius 1 is 0.864 bits per heavy atom. The van der Waals surface area contributed by atoms with Crippen molar-refractivity contribution >= 4 is 33.9 Å². The molecule has 6 heteroatoms. The van der Waals surface area contributed by atoms with Crippen molar-refractivity contribution in [2.45, 2.75) is 51.0 Å². The van der Waals surface area contributed by atoms with Gasteiger partial charge in [-0.25, -0.2) is 0 Å². The minimum absolute atomic E-state index is 0.141. The van der Waals surface area contributed by atoms with Crippen LogP contribution in [0, 0.1) is 10.8 Å². The highest BCUT2D eigenvalue weighted by Crippen LogP contribution is 2.32. The Bertz CT molecular complexity index is 508. The van der Waals surface area contributed by atoms with Crippen molar-refractivity contribution in [2.75, 3.05) is 0 Å². The van der Waals surface area contributed by atoms with Crippen LogP contribution in [-0.4, -0.2) is 10.3 Å². The zero-order valence-electron chi connectivity index (χ0n) is 13.7. The largest absolute Gasteiger partial charge is 0.379 e. The summed E-state index contributed by atoms with van der Waals surface area (Å²) >= 11 is 2.70. The number of nitrogens with two attached hydrogens (primary N) is 2. The van der Waals surface area contributed by atoms with Crippen molar-refractivity contribution in [1.29, 1.82) is 10.8 Å². The number of amidine groups is 2. The van der Waals surface area contributed by atoms with E-state index >= 15 is 0 Å². The molecule has 0 bridgehead atoms. The van der Waals surface area contributed by atoms with Gasteiger partial charge in [-0.15, -0.1) is 0 Å². The lowest BCUT2D eigenvalue weighted by Crippen LogP contribution is -2.08. The highest BCUT2D eigenvalue weighted by atomic mass is 32.2. The molecule has 0 amide bonds. The van der Waals surface area contributed by atoms with E-state index in [2.05, 4.69) is 39.8 Å². The van der Waals surface area contributed by atoms with E-state index in [0.717, 1.165) is 0 Å². The summed E-state index contributed by atoms with van der Waals surface area (Å²) in [4.78, 5) is 0. The molecule has 0 atom stereocenters. The van der Waals surface area contributed by atoms with Gasteiger partial charge in [-0.3, -0.25) is 10.8 Å². The van der Waals surface area contributed by atoms with Crippen LogP contribution in [-0.2, 0) is 11.5 Å². The molecule has 0 unspecified atom stereocenters. The van der Waals surface area contributed by atoms with Crippen LogP contribution < -0.4 is 11.5 Å². The van der Waals surface area contributed by atoms with Gasteiger partial charge in [0.15, 0.2) is 10.3 Å².